The van der Waals surface area contributed by atoms with Crippen LogP contribution in [0.4, 0.5) is 0 Å². The molecule has 0 aliphatic heterocycles. The summed E-state index contributed by atoms with van der Waals surface area (Å²) < 4.78 is 0. The average Bonchev–Trinajstić information content (AvgIpc) is 2.68. The van der Waals surface area contributed by atoms with Crippen LogP contribution in [0.5, 0.6) is 0 Å². The fourth-order valence-electron chi connectivity index (χ4n) is 2.55. The molecule has 10 N–H and O–H groups in total. The Kier molecular flexibility index (Phi) is 13.0. The van der Waals surface area contributed by atoms with Gasteiger partial charge in [-0.25, -0.2) is 4.79 Å². The van der Waals surface area contributed by atoms with Crippen LogP contribution in [0.25, 0.3) is 0 Å². The smallest absolute Gasteiger partial charge is 0.326 e. The number of aliphatic carboxylic acids is 2. The average molecular weight is 447 g/mol. The number of unbranched alkanes of at least 4 members (excludes halogenated alkanes) is 1. The van der Waals surface area contributed by atoms with Crippen LogP contribution < -0.4 is 27.4 Å². The Labute approximate surface area is 179 Å². The first-order chi connectivity index (χ1) is 14.4. The van der Waals surface area contributed by atoms with Gasteiger partial charge in [-0.3, -0.25) is 19.2 Å². The van der Waals surface area contributed by atoms with E-state index in [0.29, 0.717) is 19.4 Å². The fraction of sp³-hybridized carbons (Fsp3) is 0.722. The van der Waals surface area contributed by atoms with Crippen LogP contribution in [0.1, 0.15) is 39.5 Å². The lowest BCUT2D eigenvalue weighted by Crippen LogP contribution is -2.59. The second-order valence-electron chi connectivity index (χ2n) is 7.36. The molecule has 13 heteroatoms. The number of aliphatic hydroxyl groups is 1. The molecule has 0 aliphatic rings. The Morgan fingerprint density at radius 1 is 0.871 bits per heavy atom. The molecule has 0 fully saturated rings. The van der Waals surface area contributed by atoms with Crippen molar-refractivity contribution in [2.24, 2.45) is 17.4 Å². The van der Waals surface area contributed by atoms with E-state index in [1.807, 2.05) is 0 Å². The third-order valence-electron chi connectivity index (χ3n) is 4.35. The summed E-state index contributed by atoms with van der Waals surface area (Å²) in [6.07, 6.45) is 0.244. The number of hydrogen-bond donors (Lipinski definition) is 8. The second kappa shape index (κ2) is 14.3. The van der Waals surface area contributed by atoms with Gasteiger partial charge in [0.05, 0.1) is 13.0 Å². The van der Waals surface area contributed by atoms with Gasteiger partial charge in [-0.05, 0) is 31.7 Å². The van der Waals surface area contributed by atoms with E-state index < -0.39 is 72.8 Å². The molecule has 4 atom stereocenters. The molecule has 0 heterocycles. The molecular weight excluding hydrogens is 414 g/mol. The van der Waals surface area contributed by atoms with E-state index in [0.717, 1.165) is 0 Å². The van der Waals surface area contributed by atoms with Gasteiger partial charge in [0.15, 0.2) is 0 Å². The highest BCUT2D eigenvalue weighted by Crippen LogP contribution is 2.06. The summed E-state index contributed by atoms with van der Waals surface area (Å²) in [5.74, 6) is -5.83. The normalized spacial score (nSPS) is 14.8. The molecule has 0 saturated carbocycles. The maximum Gasteiger partial charge on any atom is 0.326 e. The number of carbonyl (C=O) groups is 5. The number of amides is 3. The van der Waals surface area contributed by atoms with E-state index in [-0.39, 0.29) is 6.42 Å². The number of nitrogens with two attached hydrogens (primary N) is 2. The fourth-order valence-corrected chi connectivity index (χ4v) is 2.55. The van der Waals surface area contributed by atoms with Gasteiger partial charge in [0.25, 0.3) is 0 Å². The van der Waals surface area contributed by atoms with Crippen molar-refractivity contribution in [3.05, 3.63) is 0 Å². The van der Waals surface area contributed by atoms with Gasteiger partial charge < -0.3 is 42.7 Å². The van der Waals surface area contributed by atoms with E-state index in [1.165, 1.54) is 0 Å². The van der Waals surface area contributed by atoms with E-state index in [2.05, 4.69) is 16.0 Å². The molecule has 0 aliphatic carbocycles. The quantitative estimate of drug-likeness (QED) is 0.119. The van der Waals surface area contributed by atoms with Crippen molar-refractivity contribution in [2.75, 3.05) is 13.2 Å². The van der Waals surface area contributed by atoms with Crippen molar-refractivity contribution >= 4 is 29.7 Å². The summed E-state index contributed by atoms with van der Waals surface area (Å²) in [5.41, 5.74) is 10.8. The Morgan fingerprint density at radius 3 is 1.90 bits per heavy atom. The zero-order chi connectivity index (χ0) is 24.1. The largest absolute Gasteiger partial charge is 0.481 e. The van der Waals surface area contributed by atoms with Crippen LogP contribution in [0.2, 0.25) is 0 Å². The molecule has 0 bridgehead atoms. The molecule has 0 spiro atoms. The first kappa shape index (κ1) is 28.2. The third-order valence-corrected chi connectivity index (χ3v) is 4.35. The molecule has 0 rings (SSSR count). The predicted molar refractivity (Wildman–Crippen MR) is 108 cm³/mol. The zero-order valence-electron chi connectivity index (χ0n) is 17.7. The lowest BCUT2D eigenvalue weighted by atomic mass is 10.0. The first-order valence-corrected chi connectivity index (χ1v) is 9.86. The van der Waals surface area contributed by atoms with Crippen LogP contribution in [-0.4, -0.2) is 82.3 Å². The Hall–Kier alpha value is -2.77. The molecule has 0 aromatic carbocycles. The van der Waals surface area contributed by atoms with Gasteiger partial charge in [-0.1, -0.05) is 13.8 Å². The Balaban J connectivity index is 5.36. The number of carboxylic acids is 2. The highest BCUT2D eigenvalue weighted by Gasteiger charge is 2.32. The first-order valence-electron chi connectivity index (χ1n) is 9.86. The summed E-state index contributed by atoms with van der Waals surface area (Å²) in [6.45, 7) is 2.89. The van der Waals surface area contributed by atoms with E-state index >= 15 is 0 Å². The minimum Gasteiger partial charge on any atom is -0.481 e. The van der Waals surface area contributed by atoms with Gasteiger partial charge in [0.2, 0.25) is 17.7 Å². The summed E-state index contributed by atoms with van der Waals surface area (Å²) in [6, 6.07) is -5.30. The highest BCUT2D eigenvalue weighted by atomic mass is 16.4. The maximum absolute atomic E-state index is 12.6. The standard InChI is InChI=1S/C18H33N5O8/c1-9(2)14(23-15(27)10(20)8-24)17(29)22-12(7-13(25)26)16(28)21-11(18(30)31)5-3-4-6-19/h9-12,14,24H,3-8,19-20H2,1-2H3,(H,21,28)(H,22,29)(H,23,27)(H,25,26)(H,30,31). The monoisotopic (exact) mass is 447 g/mol. The molecule has 178 valence electrons. The van der Waals surface area contributed by atoms with Gasteiger partial charge in [0.1, 0.15) is 24.2 Å². The molecule has 4 unspecified atom stereocenters. The minimum absolute atomic E-state index is 0.0791. The van der Waals surface area contributed by atoms with Crippen molar-refractivity contribution in [3.8, 4) is 0 Å². The van der Waals surface area contributed by atoms with Gasteiger partial charge in [-0.15, -0.1) is 0 Å². The molecule has 13 nitrogen and oxygen atoms in total. The number of nitrogens with one attached hydrogen (secondary N) is 3. The molecule has 0 aromatic heterocycles. The summed E-state index contributed by atoms with van der Waals surface area (Å²) in [4.78, 5) is 59.6. The Morgan fingerprint density at radius 2 is 1.45 bits per heavy atom. The summed E-state index contributed by atoms with van der Waals surface area (Å²) in [7, 11) is 0. The lowest BCUT2D eigenvalue weighted by molar-refractivity contribution is -0.144. The van der Waals surface area contributed by atoms with E-state index in [9.17, 15) is 29.1 Å². The van der Waals surface area contributed by atoms with Crippen LogP contribution in [-0.2, 0) is 24.0 Å². The van der Waals surface area contributed by atoms with Crippen molar-refractivity contribution < 1.29 is 39.3 Å². The van der Waals surface area contributed by atoms with Crippen LogP contribution in [0.15, 0.2) is 0 Å². The number of aliphatic hydroxyl groups excluding tert-OH is 1. The van der Waals surface area contributed by atoms with Crippen molar-refractivity contribution in [1.82, 2.24) is 16.0 Å². The van der Waals surface area contributed by atoms with Gasteiger partial charge >= 0.3 is 11.9 Å². The minimum atomic E-state index is -1.58. The van der Waals surface area contributed by atoms with Gasteiger partial charge in [-0.2, -0.15) is 0 Å². The number of rotatable bonds is 15. The third kappa shape index (κ3) is 10.7. The highest BCUT2D eigenvalue weighted by molar-refractivity contribution is 5.95. The van der Waals surface area contributed by atoms with Crippen LogP contribution in [0.3, 0.4) is 0 Å². The van der Waals surface area contributed by atoms with Gasteiger partial charge in [0, 0.05) is 0 Å². The lowest BCUT2D eigenvalue weighted by Gasteiger charge is -2.26. The number of carbonyl (C=O) groups excluding carboxylic acids is 3. The van der Waals surface area contributed by atoms with Crippen LogP contribution >= 0.6 is 0 Å². The van der Waals surface area contributed by atoms with Crippen molar-refractivity contribution in [3.63, 3.8) is 0 Å². The Bertz CT molecular complexity index is 642. The topological polar surface area (TPSA) is 234 Å². The molecule has 31 heavy (non-hydrogen) atoms. The van der Waals surface area contributed by atoms with E-state index in [1.54, 1.807) is 13.8 Å². The molecule has 0 radical (unpaired) electrons. The molecule has 0 aromatic rings. The predicted octanol–water partition coefficient (Wildman–Crippen LogP) is -2.90. The van der Waals surface area contributed by atoms with Crippen molar-refractivity contribution in [1.29, 1.82) is 0 Å². The molecule has 3 amide bonds. The number of hydrogen-bond acceptors (Lipinski definition) is 8. The summed E-state index contributed by atoms with van der Waals surface area (Å²) >= 11 is 0. The molecule has 0 saturated heterocycles. The second-order valence-corrected chi connectivity index (χ2v) is 7.36. The molecular formula is C18H33N5O8. The maximum atomic E-state index is 12.6. The zero-order valence-corrected chi connectivity index (χ0v) is 17.7. The number of carboxylic acid groups (broad SMARTS) is 2. The van der Waals surface area contributed by atoms with Crippen LogP contribution in [0, 0.1) is 5.92 Å². The SMILES string of the molecule is CC(C)C(NC(=O)C(N)CO)C(=O)NC(CC(=O)O)C(=O)NC(CCCCN)C(=O)O. The van der Waals surface area contributed by atoms with Crippen molar-refractivity contribution in [2.45, 2.75) is 63.7 Å². The van der Waals surface area contributed by atoms with E-state index in [4.69, 9.17) is 21.7 Å². The summed E-state index contributed by atoms with van der Waals surface area (Å²) in [5, 5.41) is 34.1.